The van der Waals surface area contributed by atoms with Crippen LogP contribution in [0.4, 0.5) is 0 Å². The van der Waals surface area contributed by atoms with Gasteiger partial charge in [0.25, 0.3) is 0 Å². The molecule has 124 valence electrons. The van der Waals surface area contributed by atoms with Crippen molar-refractivity contribution in [2.45, 2.75) is 26.7 Å². The predicted molar refractivity (Wildman–Crippen MR) is 104 cm³/mol. The highest BCUT2D eigenvalue weighted by Crippen LogP contribution is 2.38. The number of pyridine rings is 2. The molecule has 4 aromatic rings. The van der Waals surface area contributed by atoms with Crippen molar-refractivity contribution in [2.75, 3.05) is 0 Å². The fourth-order valence-corrected chi connectivity index (χ4v) is 3.51. The van der Waals surface area contributed by atoms with Crippen LogP contribution in [0, 0.1) is 0 Å². The third-order valence-corrected chi connectivity index (χ3v) is 4.82. The molecule has 0 aliphatic carbocycles. The number of benzene rings is 1. The van der Waals surface area contributed by atoms with E-state index in [4.69, 9.17) is 0 Å². The van der Waals surface area contributed by atoms with Crippen LogP contribution in [0.15, 0.2) is 61.2 Å². The van der Waals surface area contributed by atoms with Gasteiger partial charge in [0.1, 0.15) is 0 Å². The number of fused-ring (bicyclic) bond motifs is 1. The molecule has 0 amide bonds. The number of hydrogen-bond acceptors (Lipinski definition) is 2. The van der Waals surface area contributed by atoms with Crippen LogP contribution < -0.4 is 0 Å². The van der Waals surface area contributed by atoms with Gasteiger partial charge in [0, 0.05) is 46.7 Å². The highest BCUT2D eigenvalue weighted by Gasteiger charge is 2.16. The van der Waals surface area contributed by atoms with Crippen molar-refractivity contribution >= 4 is 10.8 Å². The minimum Gasteiger partial charge on any atom is -0.354 e. The Morgan fingerprint density at radius 2 is 1.20 bits per heavy atom. The van der Waals surface area contributed by atoms with E-state index in [1.807, 2.05) is 24.8 Å². The van der Waals surface area contributed by atoms with E-state index in [0.29, 0.717) is 0 Å². The van der Waals surface area contributed by atoms with Gasteiger partial charge in [-0.1, -0.05) is 38.1 Å². The molecule has 3 nitrogen and oxygen atoms in total. The Morgan fingerprint density at radius 3 is 1.64 bits per heavy atom. The van der Waals surface area contributed by atoms with Crippen molar-refractivity contribution in [1.82, 2.24) is 15.0 Å². The van der Waals surface area contributed by atoms with Crippen LogP contribution in [0.5, 0.6) is 0 Å². The predicted octanol–water partition coefficient (Wildman–Crippen LogP) is 5.42. The Morgan fingerprint density at radius 1 is 0.720 bits per heavy atom. The standard InChI is InChI=1S/C22H21N3/c1-3-15-13-23-11-9-17(15)21-19-7-5-6-8-20(19)22(25-21)18-10-12-24-14-16(18)4-2/h5-14,25H,3-4H2,1-2H3. The Hall–Kier alpha value is -2.94. The van der Waals surface area contributed by atoms with Crippen LogP contribution in [0.3, 0.4) is 0 Å². The topological polar surface area (TPSA) is 41.6 Å². The maximum atomic E-state index is 4.29. The van der Waals surface area contributed by atoms with Gasteiger partial charge in [0.05, 0.1) is 11.4 Å². The zero-order chi connectivity index (χ0) is 17.2. The maximum Gasteiger partial charge on any atom is 0.0542 e. The summed E-state index contributed by atoms with van der Waals surface area (Å²) >= 11 is 0. The SMILES string of the molecule is CCc1cnccc1-c1[nH]c(-c2ccncc2CC)c2ccccc12. The second kappa shape index (κ2) is 6.52. The van der Waals surface area contributed by atoms with Crippen LogP contribution >= 0.6 is 0 Å². The third-order valence-electron chi connectivity index (χ3n) is 4.82. The zero-order valence-corrected chi connectivity index (χ0v) is 14.6. The van der Waals surface area contributed by atoms with E-state index >= 15 is 0 Å². The zero-order valence-electron chi connectivity index (χ0n) is 14.6. The summed E-state index contributed by atoms with van der Waals surface area (Å²) in [5, 5.41) is 2.49. The van der Waals surface area contributed by atoms with Gasteiger partial charge in [-0.05, 0) is 36.1 Å². The molecule has 3 heteroatoms. The molecule has 0 fully saturated rings. The Labute approximate surface area is 147 Å². The summed E-state index contributed by atoms with van der Waals surface area (Å²) in [7, 11) is 0. The third kappa shape index (κ3) is 2.62. The molecule has 3 aromatic heterocycles. The Balaban J connectivity index is 2.03. The Bertz CT molecular complexity index is 949. The molecule has 0 unspecified atom stereocenters. The number of nitrogens with one attached hydrogen (secondary N) is 1. The number of aromatic nitrogens is 3. The fraction of sp³-hybridized carbons (Fsp3) is 0.182. The normalized spacial score (nSPS) is 11.1. The lowest BCUT2D eigenvalue weighted by atomic mass is 10.0. The van der Waals surface area contributed by atoms with Crippen LogP contribution in [0.1, 0.15) is 25.0 Å². The first kappa shape index (κ1) is 15.6. The summed E-state index contributed by atoms with van der Waals surface area (Å²) in [6, 6.07) is 12.8. The molecule has 0 radical (unpaired) electrons. The van der Waals surface area contributed by atoms with E-state index < -0.39 is 0 Å². The lowest BCUT2D eigenvalue weighted by Crippen LogP contribution is -1.91. The van der Waals surface area contributed by atoms with Crippen molar-refractivity contribution in [2.24, 2.45) is 0 Å². The molecule has 0 saturated carbocycles. The first-order valence-corrected chi connectivity index (χ1v) is 8.80. The molecule has 0 aliphatic rings. The van der Waals surface area contributed by atoms with Gasteiger partial charge in [-0.15, -0.1) is 0 Å². The van der Waals surface area contributed by atoms with Crippen LogP contribution in [-0.2, 0) is 12.8 Å². The van der Waals surface area contributed by atoms with Gasteiger partial charge in [0.15, 0.2) is 0 Å². The van der Waals surface area contributed by atoms with Gasteiger partial charge in [-0.3, -0.25) is 9.97 Å². The smallest absolute Gasteiger partial charge is 0.0542 e. The molecule has 25 heavy (non-hydrogen) atoms. The number of nitrogens with zero attached hydrogens (tertiary/aromatic N) is 2. The number of aryl methyl sites for hydroxylation is 2. The summed E-state index contributed by atoms with van der Waals surface area (Å²) in [4.78, 5) is 12.3. The molecular formula is C22H21N3. The molecular weight excluding hydrogens is 306 g/mol. The van der Waals surface area contributed by atoms with E-state index in [1.165, 1.54) is 44.4 Å². The molecule has 0 aliphatic heterocycles. The van der Waals surface area contributed by atoms with E-state index in [-0.39, 0.29) is 0 Å². The first-order chi connectivity index (χ1) is 12.3. The highest BCUT2D eigenvalue weighted by atomic mass is 14.7. The van der Waals surface area contributed by atoms with Crippen molar-refractivity contribution in [3.05, 3.63) is 72.3 Å². The van der Waals surface area contributed by atoms with Crippen molar-refractivity contribution < 1.29 is 0 Å². The molecule has 0 saturated heterocycles. The second-order valence-electron chi connectivity index (χ2n) is 6.19. The molecule has 0 spiro atoms. The van der Waals surface area contributed by atoms with E-state index in [2.05, 4.69) is 65.2 Å². The van der Waals surface area contributed by atoms with Gasteiger partial charge < -0.3 is 4.98 Å². The van der Waals surface area contributed by atoms with Crippen LogP contribution in [0.2, 0.25) is 0 Å². The quantitative estimate of drug-likeness (QED) is 0.544. The van der Waals surface area contributed by atoms with Crippen LogP contribution in [0.25, 0.3) is 33.3 Å². The summed E-state index contributed by atoms with van der Waals surface area (Å²) in [6.45, 7) is 4.34. The number of hydrogen-bond donors (Lipinski definition) is 1. The van der Waals surface area contributed by atoms with E-state index in [9.17, 15) is 0 Å². The van der Waals surface area contributed by atoms with E-state index in [1.54, 1.807) is 0 Å². The fourth-order valence-electron chi connectivity index (χ4n) is 3.51. The minimum atomic E-state index is 0.960. The molecule has 0 atom stereocenters. The molecule has 3 heterocycles. The van der Waals surface area contributed by atoms with Gasteiger partial charge in [0.2, 0.25) is 0 Å². The number of rotatable bonds is 4. The lowest BCUT2D eigenvalue weighted by Gasteiger charge is -2.07. The number of aromatic amines is 1. The van der Waals surface area contributed by atoms with Gasteiger partial charge in [-0.25, -0.2) is 0 Å². The second-order valence-corrected chi connectivity index (χ2v) is 6.19. The van der Waals surface area contributed by atoms with Crippen molar-refractivity contribution in [1.29, 1.82) is 0 Å². The largest absolute Gasteiger partial charge is 0.354 e. The maximum absolute atomic E-state index is 4.29. The molecule has 0 bridgehead atoms. The number of H-pyrrole nitrogens is 1. The van der Waals surface area contributed by atoms with Crippen LogP contribution in [-0.4, -0.2) is 15.0 Å². The monoisotopic (exact) mass is 327 g/mol. The summed E-state index contributed by atoms with van der Waals surface area (Å²) in [5.74, 6) is 0. The first-order valence-electron chi connectivity index (χ1n) is 8.80. The average Bonchev–Trinajstić information content (AvgIpc) is 3.07. The molecule has 1 aromatic carbocycles. The minimum absolute atomic E-state index is 0.960. The van der Waals surface area contributed by atoms with E-state index in [0.717, 1.165) is 12.8 Å². The molecule has 1 N–H and O–H groups in total. The van der Waals surface area contributed by atoms with Crippen molar-refractivity contribution in [3.63, 3.8) is 0 Å². The Kier molecular flexibility index (Phi) is 4.06. The average molecular weight is 327 g/mol. The summed E-state index contributed by atoms with van der Waals surface area (Å²) in [5.41, 5.74) is 7.31. The summed E-state index contributed by atoms with van der Waals surface area (Å²) < 4.78 is 0. The molecule has 4 rings (SSSR count). The van der Waals surface area contributed by atoms with Gasteiger partial charge >= 0.3 is 0 Å². The van der Waals surface area contributed by atoms with Crippen molar-refractivity contribution in [3.8, 4) is 22.5 Å². The van der Waals surface area contributed by atoms with Gasteiger partial charge in [-0.2, -0.15) is 0 Å². The highest BCUT2D eigenvalue weighted by molar-refractivity contribution is 6.05. The lowest BCUT2D eigenvalue weighted by molar-refractivity contribution is 1.10. The summed E-state index contributed by atoms with van der Waals surface area (Å²) in [6.07, 6.45) is 9.59.